The molecule has 1 aromatic heterocycles. The summed E-state index contributed by atoms with van der Waals surface area (Å²) in [6.07, 6.45) is 3.12. The Labute approximate surface area is 153 Å². The molecule has 6 nitrogen and oxygen atoms in total. The van der Waals surface area contributed by atoms with E-state index in [0.717, 1.165) is 22.8 Å². The van der Waals surface area contributed by atoms with Gasteiger partial charge in [-0.3, -0.25) is 0 Å². The molecule has 0 amide bonds. The topological polar surface area (TPSA) is 85.2 Å². The highest BCUT2D eigenvalue weighted by Crippen LogP contribution is 2.23. The Balaban J connectivity index is 1.96. The molecular weight excluding hydrogens is 372 g/mol. The van der Waals surface area contributed by atoms with Gasteiger partial charge < -0.3 is 0 Å². The van der Waals surface area contributed by atoms with Crippen LogP contribution in [0.1, 0.15) is 11.1 Å². The molecule has 0 bridgehead atoms. The maximum Gasteiger partial charge on any atom is 0.268 e. The highest BCUT2D eigenvalue weighted by Gasteiger charge is 2.18. The normalized spacial score (nSPS) is 12.5. The van der Waals surface area contributed by atoms with E-state index >= 15 is 0 Å². The third-order valence-electron chi connectivity index (χ3n) is 4.08. The largest absolute Gasteiger partial charge is 0.268 e. The Morgan fingerprint density at radius 2 is 1.65 bits per heavy atom. The molecule has 3 aromatic rings. The van der Waals surface area contributed by atoms with Crippen molar-refractivity contribution in [2.24, 2.45) is 0 Å². The average Bonchev–Trinajstić information content (AvgIpc) is 2.98. The first-order chi connectivity index (χ1) is 12.2. The van der Waals surface area contributed by atoms with Crippen molar-refractivity contribution < 1.29 is 16.8 Å². The molecule has 1 heterocycles. The molecule has 0 unspecified atom stereocenters. The summed E-state index contributed by atoms with van der Waals surface area (Å²) in [6.45, 7) is 2.16. The Morgan fingerprint density at radius 1 is 0.962 bits per heavy atom. The fourth-order valence-corrected chi connectivity index (χ4v) is 4.54. The maximum atomic E-state index is 12.9. The number of sulfonamides is 1. The first-order valence-corrected chi connectivity index (χ1v) is 11.4. The Bertz CT molecular complexity index is 1150. The van der Waals surface area contributed by atoms with Crippen molar-refractivity contribution in [2.45, 2.75) is 18.2 Å². The highest BCUT2D eigenvalue weighted by atomic mass is 32.2. The molecular formula is C18H20N2O4S2. The molecule has 26 heavy (non-hydrogen) atoms. The van der Waals surface area contributed by atoms with Crippen LogP contribution in [0.25, 0.3) is 10.9 Å². The summed E-state index contributed by atoms with van der Waals surface area (Å²) in [5.74, 6) is 0. The Hall–Kier alpha value is -2.16. The second kappa shape index (κ2) is 6.86. The molecule has 0 aliphatic heterocycles. The van der Waals surface area contributed by atoms with Crippen LogP contribution in [0, 0.1) is 6.92 Å². The molecule has 138 valence electrons. The van der Waals surface area contributed by atoms with Crippen molar-refractivity contribution in [2.75, 3.05) is 12.8 Å². The van der Waals surface area contributed by atoms with Crippen LogP contribution >= 0.6 is 0 Å². The summed E-state index contributed by atoms with van der Waals surface area (Å²) in [5, 5.41) is 0.806. The van der Waals surface area contributed by atoms with Gasteiger partial charge in [-0.05, 0) is 43.2 Å². The predicted octanol–water partition coefficient (Wildman–Crippen LogP) is 2.28. The standard InChI is InChI=1S/C18H20N2O4S2/c1-14-3-7-17(8-4-14)26(23,24)20-12-10-16-6-5-15(13-18(16)20)9-11-19-25(2,21)22/h3-8,10,12-13,19H,9,11H2,1-2H3. The van der Waals surface area contributed by atoms with Crippen LogP contribution in [0.15, 0.2) is 59.6 Å². The van der Waals surface area contributed by atoms with Gasteiger partial charge in [-0.1, -0.05) is 29.8 Å². The van der Waals surface area contributed by atoms with Gasteiger partial charge in [0.05, 0.1) is 16.7 Å². The lowest BCUT2D eigenvalue weighted by atomic mass is 10.1. The lowest BCUT2D eigenvalue weighted by Gasteiger charge is -2.09. The van der Waals surface area contributed by atoms with Crippen LogP contribution in [0.2, 0.25) is 0 Å². The molecule has 0 saturated heterocycles. The molecule has 0 spiro atoms. The second-order valence-electron chi connectivity index (χ2n) is 6.24. The summed E-state index contributed by atoms with van der Waals surface area (Å²) < 4.78 is 51.9. The van der Waals surface area contributed by atoms with E-state index in [4.69, 9.17) is 0 Å². The van der Waals surface area contributed by atoms with Crippen LogP contribution in [-0.4, -0.2) is 33.6 Å². The van der Waals surface area contributed by atoms with Crippen molar-refractivity contribution >= 4 is 30.9 Å². The van der Waals surface area contributed by atoms with Crippen molar-refractivity contribution in [1.29, 1.82) is 0 Å². The zero-order valence-electron chi connectivity index (χ0n) is 14.5. The number of fused-ring (bicyclic) bond motifs is 1. The van der Waals surface area contributed by atoms with Gasteiger partial charge in [0.25, 0.3) is 10.0 Å². The number of nitrogens with one attached hydrogen (secondary N) is 1. The number of hydrogen-bond acceptors (Lipinski definition) is 4. The van der Waals surface area contributed by atoms with E-state index in [1.165, 1.54) is 3.97 Å². The highest BCUT2D eigenvalue weighted by molar-refractivity contribution is 7.90. The van der Waals surface area contributed by atoms with Crippen LogP contribution in [-0.2, 0) is 26.5 Å². The first-order valence-electron chi connectivity index (χ1n) is 8.04. The number of benzene rings is 2. The molecule has 2 aromatic carbocycles. The van der Waals surface area contributed by atoms with Crippen LogP contribution in [0.5, 0.6) is 0 Å². The van der Waals surface area contributed by atoms with Crippen molar-refractivity contribution in [1.82, 2.24) is 8.69 Å². The van der Waals surface area contributed by atoms with E-state index in [-0.39, 0.29) is 11.4 Å². The van der Waals surface area contributed by atoms with Gasteiger partial charge in [0, 0.05) is 18.1 Å². The van der Waals surface area contributed by atoms with E-state index in [1.54, 1.807) is 42.6 Å². The van der Waals surface area contributed by atoms with Crippen molar-refractivity contribution in [3.8, 4) is 0 Å². The summed E-state index contributed by atoms with van der Waals surface area (Å²) in [5.41, 5.74) is 2.41. The van der Waals surface area contributed by atoms with Gasteiger partial charge in [-0.15, -0.1) is 0 Å². The van der Waals surface area contributed by atoms with E-state index in [1.807, 2.05) is 19.1 Å². The quantitative estimate of drug-likeness (QED) is 0.697. The smallest absolute Gasteiger partial charge is 0.241 e. The van der Waals surface area contributed by atoms with Gasteiger partial charge in [0.15, 0.2) is 0 Å². The fraction of sp³-hybridized carbons (Fsp3) is 0.222. The molecule has 0 saturated carbocycles. The van der Waals surface area contributed by atoms with Crippen LogP contribution < -0.4 is 4.72 Å². The zero-order valence-corrected chi connectivity index (χ0v) is 16.1. The SMILES string of the molecule is Cc1ccc(S(=O)(=O)n2ccc3ccc(CCNS(C)(=O)=O)cc32)cc1. The minimum atomic E-state index is -3.69. The Morgan fingerprint density at radius 3 is 2.31 bits per heavy atom. The van der Waals surface area contributed by atoms with Gasteiger partial charge in [0.1, 0.15) is 0 Å². The number of rotatable bonds is 6. The summed E-state index contributed by atoms with van der Waals surface area (Å²) in [7, 11) is -6.94. The molecule has 0 aliphatic carbocycles. The number of nitrogens with zero attached hydrogens (tertiary/aromatic N) is 1. The minimum absolute atomic E-state index is 0.227. The van der Waals surface area contributed by atoms with E-state index < -0.39 is 20.0 Å². The number of aromatic nitrogens is 1. The predicted molar refractivity (Wildman–Crippen MR) is 102 cm³/mol. The molecule has 0 atom stereocenters. The molecule has 1 N–H and O–H groups in total. The van der Waals surface area contributed by atoms with Crippen molar-refractivity contribution in [3.05, 3.63) is 65.9 Å². The van der Waals surface area contributed by atoms with Gasteiger partial charge in [-0.2, -0.15) is 0 Å². The molecule has 0 fully saturated rings. The van der Waals surface area contributed by atoms with Gasteiger partial charge in [0.2, 0.25) is 10.0 Å². The molecule has 8 heteroatoms. The molecule has 0 radical (unpaired) electrons. The van der Waals surface area contributed by atoms with Gasteiger partial charge in [-0.25, -0.2) is 25.5 Å². The fourth-order valence-electron chi connectivity index (χ4n) is 2.72. The third-order valence-corrected chi connectivity index (χ3v) is 6.51. The maximum absolute atomic E-state index is 12.9. The monoisotopic (exact) mass is 392 g/mol. The van der Waals surface area contributed by atoms with Gasteiger partial charge >= 0.3 is 0 Å². The summed E-state index contributed by atoms with van der Waals surface area (Å²) >= 11 is 0. The minimum Gasteiger partial charge on any atom is -0.241 e. The average molecular weight is 393 g/mol. The summed E-state index contributed by atoms with van der Waals surface area (Å²) in [4.78, 5) is 0.227. The molecule has 0 aliphatic rings. The lowest BCUT2D eigenvalue weighted by molar-refractivity contribution is 0.587. The van der Waals surface area contributed by atoms with E-state index in [9.17, 15) is 16.8 Å². The zero-order chi connectivity index (χ0) is 18.9. The Kier molecular flexibility index (Phi) is 4.92. The third kappa shape index (κ3) is 3.98. The van der Waals surface area contributed by atoms with Crippen LogP contribution in [0.4, 0.5) is 0 Å². The number of hydrogen-bond donors (Lipinski definition) is 1. The summed E-state index contributed by atoms with van der Waals surface area (Å²) in [6, 6.07) is 14.0. The number of aryl methyl sites for hydroxylation is 1. The van der Waals surface area contributed by atoms with E-state index in [0.29, 0.717) is 11.9 Å². The first kappa shape index (κ1) is 18.6. The van der Waals surface area contributed by atoms with Crippen LogP contribution in [0.3, 0.4) is 0 Å². The lowest BCUT2D eigenvalue weighted by Crippen LogP contribution is -2.24. The van der Waals surface area contributed by atoms with E-state index in [2.05, 4.69) is 4.72 Å². The van der Waals surface area contributed by atoms with Crippen molar-refractivity contribution in [3.63, 3.8) is 0 Å². The molecule has 3 rings (SSSR count). The second-order valence-corrected chi connectivity index (χ2v) is 9.89.